The monoisotopic (exact) mass is 465 g/mol. The summed E-state index contributed by atoms with van der Waals surface area (Å²) in [5, 5.41) is 3.62. The van der Waals surface area contributed by atoms with Crippen molar-refractivity contribution in [3.63, 3.8) is 0 Å². The fourth-order valence-corrected chi connectivity index (χ4v) is 4.32. The van der Waals surface area contributed by atoms with Crippen molar-refractivity contribution < 1.29 is 13.9 Å². The Morgan fingerprint density at radius 3 is 2.97 bits per heavy atom. The number of hydrogen-bond acceptors (Lipinski definition) is 7. The summed E-state index contributed by atoms with van der Waals surface area (Å²) in [6.07, 6.45) is 3.71. The van der Waals surface area contributed by atoms with Crippen molar-refractivity contribution in [2.24, 2.45) is 4.99 Å². The van der Waals surface area contributed by atoms with Gasteiger partial charge in [-0.1, -0.05) is 17.7 Å². The van der Waals surface area contributed by atoms with E-state index in [0.717, 1.165) is 23.3 Å². The fourth-order valence-electron chi connectivity index (χ4n) is 4.15. The van der Waals surface area contributed by atoms with Crippen molar-refractivity contribution in [1.82, 2.24) is 15.3 Å². The van der Waals surface area contributed by atoms with Crippen LogP contribution in [0.2, 0.25) is 5.02 Å². The van der Waals surface area contributed by atoms with Gasteiger partial charge < -0.3 is 15.0 Å². The molecule has 9 heteroatoms. The molecular weight excluding hydrogens is 445 g/mol. The van der Waals surface area contributed by atoms with Crippen molar-refractivity contribution in [2.75, 3.05) is 38.2 Å². The van der Waals surface area contributed by atoms with Crippen LogP contribution < -0.4 is 10.2 Å². The lowest BCUT2D eigenvalue weighted by molar-refractivity contribution is -0.143. The van der Waals surface area contributed by atoms with Gasteiger partial charge in [0, 0.05) is 35.8 Å². The molecule has 1 atom stereocenters. The maximum Gasteiger partial charge on any atom is 0.324 e. The van der Waals surface area contributed by atoms with Crippen LogP contribution in [-0.2, 0) is 9.53 Å². The van der Waals surface area contributed by atoms with E-state index >= 15 is 0 Å². The summed E-state index contributed by atoms with van der Waals surface area (Å²) in [6, 6.07) is 9.75. The first kappa shape index (κ1) is 21.5. The van der Waals surface area contributed by atoms with E-state index in [-0.39, 0.29) is 11.8 Å². The summed E-state index contributed by atoms with van der Waals surface area (Å²) in [7, 11) is 1.39. The molecule has 0 radical (unpaired) electrons. The number of benzene rings is 1. The Bertz CT molecular complexity index is 1310. The number of piperazine rings is 1. The normalized spacial score (nSPS) is 18.3. The lowest BCUT2D eigenvalue weighted by Crippen LogP contribution is -2.54. The molecule has 2 aliphatic heterocycles. The van der Waals surface area contributed by atoms with Crippen LogP contribution in [0.4, 0.5) is 10.1 Å². The number of pyridine rings is 2. The quantitative estimate of drug-likeness (QED) is 0.596. The molecule has 4 heterocycles. The maximum absolute atomic E-state index is 14.5. The number of fused-ring (bicyclic) bond motifs is 1. The molecule has 7 nitrogen and oxygen atoms in total. The van der Waals surface area contributed by atoms with Gasteiger partial charge in [0.1, 0.15) is 11.9 Å². The van der Waals surface area contributed by atoms with Gasteiger partial charge in [-0.2, -0.15) is 0 Å². The van der Waals surface area contributed by atoms with E-state index < -0.39 is 6.04 Å². The topological polar surface area (TPSA) is 79.7 Å². The summed E-state index contributed by atoms with van der Waals surface area (Å²) < 4.78 is 19.4. The molecule has 0 unspecified atom stereocenters. The SMILES string of the molecule is COC(=O)[C@H]1CN(c2cnc3ccc(C4=CCN=C4c4cc(Cl)ccc4F)nc3c2)CCN1. The number of nitrogens with one attached hydrogen (secondary N) is 1. The van der Waals surface area contributed by atoms with Crippen LogP contribution in [0.25, 0.3) is 16.6 Å². The molecule has 168 valence electrons. The summed E-state index contributed by atoms with van der Waals surface area (Å²) in [4.78, 5) is 27.9. The highest BCUT2D eigenvalue weighted by Crippen LogP contribution is 2.28. The largest absolute Gasteiger partial charge is 0.468 e. The molecule has 0 bridgehead atoms. The Morgan fingerprint density at radius 1 is 1.24 bits per heavy atom. The van der Waals surface area contributed by atoms with Crippen LogP contribution >= 0.6 is 11.6 Å². The first-order valence-corrected chi connectivity index (χ1v) is 10.9. The van der Waals surface area contributed by atoms with E-state index in [1.54, 1.807) is 12.3 Å². The first-order valence-electron chi connectivity index (χ1n) is 10.6. The van der Waals surface area contributed by atoms with Gasteiger partial charge in [0.2, 0.25) is 0 Å². The number of anilines is 1. The smallest absolute Gasteiger partial charge is 0.324 e. The molecule has 1 aromatic carbocycles. The average Bonchev–Trinajstić information content (AvgIpc) is 3.34. The Morgan fingerprint density at radius 2 is 2.12 bits per heavy atom. The molecular formula is C24H21ClFN5O2. The van der Waals surface area contributed by atoms with E-state index in [9.17, 15) is 9.18 Å². The second kappa shape index (κ2) is 8.88. The number of carbonyl (C=O) groups is 1. The van der Waals surface area contributed by atoms with Gasteiger partial charge in [-0.3, -0.25) is 14.8 Å². The predicted molar refractivity (Wildman–Crippen MR) is 126 cm³/mol. The summed E-state index contributed by atoms with van der Waals surface area (Å²) in [5.74, 6) is -0.670. The van der Waals surface area contributed by atoms with Crippen LogP contribution in [0.5, 0.6) is 0 Å². The van der Waals surface area contributed by atoms with Gasteiger partial charge >= 0.3 is 5.97 Å². The predicted octanol–water partition coefficient (Wildman–Crippen LogP) is 3.26. The molecule has 33 heavy (non-hydrogen) atoms. The van der Waals surface area contributed by atoms with E-state index in [0.29, 0.717) is 47.1 Å². The lowest BCUT2D eigenvalue weighted by atomic mass is 9.99. The maximum atomic E-state index is 14.5. The molecule has 3 aromatic rings. The molecule has 1 N–H and O–H groups in total. The third-order valence-corrected chi connectivity index (χ3v) is 6.04. The van der Waals surface area contributed by atoms with E-state index in [4.69, 9.17) is 21.3 Å². The van der Waals surface area contributed by atoms with Crippen molar-refractivity contribution in [3.05, 3.63) is 70.8 Å². The van der Waals surface area contributed by atoms with Crippen LogP contribution in [-0.4, -0.2) is 61.0 Å². The summed E-state index contributed by atoms with van der Waals surface area (Å²) in [5.41, 5.74) is 4.66. The van der Waals surface area contributed by atoms with Crippen LogP contribution in [0.15, 0.2) is 53.7 Å². The number of carbonyl (C=O) groups excluding carboxylic acids is 1. The van der Waals surface area contributed by atoms with Crippen LogP contribution in [0, 0.1) is 5.82 Å². The number of aliphatic imine (C=N–C) groups is 1. The number of halogens is 2. The number of nitrogens with zero attached hydrogens (tertiary/aromatic N) is 4. The molecule has 0 saturated carbocycles. The Hall–Kier alpha value is -3.36. The number of aromatic nitrogens is 2. The second-order valence-electron chi connectivity index (χ2n) is 7.84. The molecule has 0 spiro atoms. The highest BCUT2D eigenvalue weighted by Gasteiger charge is 2.26. The zero-order valence-electron chi connectivity index (χ0n) is 17.9. The number of hydrogen-bond donors (Lipinski definition) is 1. The first-order chi connectivity index (χ1) is 16.0. The van der Waals surface area contributed by atoms with E-state index in [1.807, 2.05) is 24.3 Å². The third kappa shape index (κ3) is 4.19. The van der Waals surface area contributed by atoms with E-state index in [2.05, 4.69) is 20.2 Å². The van der Waals surface area contributed by atoms with E-state index in [1.165, 1.54) is 19.2 Å². The van der Waals surface area contributed by atoms with Crippen molar-refractivity contribution >= 4 is 45.6 Å². The van der Waals surface area contributed by atoms with Gasteiger partial charge in [0.05, 0.1) is 48.0 Å². The lowest BCUT2D eigenvalue weighted by Gasteiger charge is -2.33. The number of rotatable bonds is 4. The average molecular weight is 466 g/mol. The minimum atomic E-state index is -0.395. The number of ether oxygens (including phenoxy) is 1. The third-order valence-electron chi connectivity index (χ3n) is 5.81. The number of allylic oxidation sites excluding steroid dienone is 1. The summed E-state index contributed by atoms with van der Waals surface area (Å²) >= 11 is 6.09. The van der Waals surface area contributed by atoms with Crippen molar-refractivity contribution in [2.45, 2.75) is 6.04 Å². The zero-order chi connectivity index (χ0) is 22.9. The highest BCUT2D eigenvalue weighted by molar-refractivity contribution is 6.35. The van der Waals surface area contributed by atoms with Crippen molar-refractivity contribution in [3.8, 4) is 0 Å². The fraction of sp³-hybridized carbons (Fsp3) is 0.250. The Balaban J connectivity index is 1.47. The van der Waals surface area contributed by atoms with Crippen molar-refractivity contribution in [1.29, 1.82) is 0 Å². The van der Waals surface area contributed by atoms with Crippen LogP contribution in [0.3, 0.4) is 0 Å². The number of esters is 1. The van der Waals surface area contributed by atoms with Gasteiger partial charge in [0.25, 0.3) is 0 Å². The summed E-state index contributed by atoms with van der Waals surface area (Å²) in [6.45, 7) is 2.32. The minimum absolute atomic E-state index is 0.290. The standard InChI is InChI=1S/C24H21ClFN5O2/c1-33-24(32)22-13-31(9-8-27-22)15-11-21-20(29-12-15)5-4-19(30-21)16-6-7-28-23(16)17-10-14(25)2-3-18(17)26/h2-6,10-12,22,27H,7-9,13H2,1H3/t22-/m1/s1. The second-order valence-corrected chi connectivity index (χ2v) is 8.27. The van der Waals surface area contributed by atoms with Gasteiger partial charge in [-0.05, 0) is 36.4 Å². The van der Waals surface area contributed by atoms with Gasteiger partial charge in [-0.25, -0.2) is 9.37 Å². The highest BCUT2D eigenvalue weighted by atomic mass is 35.5. The molecule has 2 aliphatic rings. The molecule has 1 fully saturated rings. The minimum Gasteiger partial charge on any atom is -0.468 e. The Kier molecular flexibility index (Phi) is 5.78. The molecule has 0 amide bonds. The van der Waals surface area contributed by atoms with Gasteiger partial charge in [0.15, 0.2) is 0 Å². The molecule has 1 saturated heterocycles. The van der Waals surface area contributed by atoms with Crippen LogP contribution in [0.1, 0.15) is 11.3 Å². The van der Waals surface area contributed by atoms with Gasteiger partial charge in [-0.15, -0.1) is 0 Å². The Labute approximate surface area is 195 Å². The molecule has 0 aliphatic carbocycles. The zero-order valence-corrected chi connectivity index (χ0v) is 18.6. The molecule has 2 aromatic heterocycles. The number of methoxy groups -OCH3 is 1. The molecule has 5 rings (SSSR count).